The van der Waals surface area contributed by atoms with Crippen LogP contribution < -0.4 is 5.32 Å². The second-order valence-corrected chi connectivity index (χ2v) is 4.92. The molecule has 0 aromatic heterocycles. The van der Waals surface area contributed by atoms with Crippen molar-refractivity contribution in [1.82, 2.24) is 15.1 Å². The van der Waals surface area contributed by atoms with Crippen LogP contribution >= 0.6 is 0 Å². The fraction of sp³-hybridized carbons (Fsp3) is 0.750. The molecule has 1 rings (SSSR count). The molecule has 1 saturated heterocycles. The number of amides is 3. The molecule has 0 saturated carbocycles. The van der Waals surface area contributed by atoms with Gasteiger partial charge in [0.2, 0.25) is 5.91 Å². The first-order valence-corrected chi connectivity index (χ1v) is 6.36. The van der Waals surface area contributed by atoms with Gasteiger partial charge in [0.05, 0.1) is 5.92 Å². The van der Waals surface area contributed by atoms with Gasteiger partial charge in [0.1, 0.15) is 6.54 Å². The molecular formula is C12H21N3O4. The Bertz CT molecular complexity index is 372. The van der Waals surface area contributed by atoms with Crippen molar-refractivity contribution in [3.63, 3.8) is 0 Å². The van der Waals surface area contributed by atoms with E-state index in [1.54, 1.807) is 6.92 Å². The Balaban J connectivity index is 2.54. The molecule has 0 aliphatic carbocycles. The molecular weight excluding hydrogens is 250 g/mol. The van der Waals surface area contributed by atoms with Gasteiger partial charge >= 0.3 is 12.0 Å². The molecule has 3 amide bonds. The van der Waals surface area contributed by atoms with Crippen LogP contribution in [0.1, 0.15) is 13.8 Å². The molecule has 2 N–H and O–H groups in total. The highest BCUT2D eigenvalue weighted by molar-refractivity contribution is 5.84. The zero-order valence-corrected chi connectivity index (χ0v) is 11.5. The zero-order chi connectivity index (χ0) is 14.6. The van der Waals surface area contributed by atoms with Crippen LogP contribution in [0.25, 0.3) is 0 Å². The predicted molar refractivity (Wildman–Crippen MR) is 68.6 cm³/mol. The lowest BCUT2D eigenvalue weighted by Gasteiger charge is -2.24. The Morgan fingerprint density at radius 3 is 2.47 bits per heavy atom. The van der Waals surface area contributed by atoms with Crippen LogP contribution in [-0.4, -0.2) is 66.0 Å². The summed E-state index contributed by atoms with van der Waals surface area (Å²) in [6.45, 7) is 4.73. The van der Waals surface area contributed by atoms with Gasteiger partial charge in [0, 0.05) is 26.7 Å². The average molecular weight is 271 g/mol. The van der Waals surface area contributed by atoms with Crippen LogP contribution in [0.4, 0.5) is 4.79 Å². The van der Waals surface area contributed by atoms with E-state index in [0.29, 0.717) is 13.1 Å². The predicted octanol–water partition coefficient (Wildman–Crippen LogP) is -0.173. The highest BCUT2D eigenvalue weighted by Gasteiger charge is 2.37. The number of nitrogens with zero attached hydrogens (tertiary/aromatic N) is 2. The first-order valence-electron chi connectivity index (χ1n) is 6.36. The van der Waals surface area contributed by atoms with Gasteiger partial charge in [-0.1, -0.05) is 6.92 Å². The third kappa shape index (κ3) is 3.84. The topological polar surface area (TPSA) is 90.0 Å². The van der Waals surface area contributed by atoms with Crippen LogP contribution in [0.3, 0.4) is 0 Å². The standard InChI is InChI=1S/C12H21N3O4/c1-4-13-10(16)7-14(3)12(19)15-5-8(2)9(6-15)11(17)18/h8-9H,4-7H2,1-3H3,(H,13,16)(H,17,18). The Labute approximate surface area is 112 Å². The number of hydrogen-bond donors (Lipinski definition) is 2. The Kier molecular flexibility index (Phi) is 5.14. The van der Waals surface area contributed by atoms with Crippen molar-refractivity contribution in [2.24, 2.45) is 11.8 Å². The lowest BCUT2D eigenvalue weighted by molar-refractivity contribution is -0.142. The van der Waals surface area contributed by atoms with Crippen LogP contribution in [-0.2, 0) is 9.59 Å². The van der Waals surface area contributed by atoms with E-state index < -0.39 is 11.9 Å². The molecule has 1 fully saturated rings. The fourth-order valence-electron chi connectivity index (χ4n) is 2.22. The van der Waals surface area contributed by atoms with E-state index in [-0.39, 0.29) is 30.9 Å². The number of carboxylic acids is 1. The molecule has 108 valence electrons. The fourth-order valence-corrected chi connectivity index (χ4v) is 2.22. The molecule has 0 aromatic rings. The number of nitrogens with one attached hydrogen (secondary N) is 1. The van der Waals surface area contributed by atoms with E-state index in [2.05, 4.69) is 5.32 Å². The quantitative estimate of drug-likeness (QED) is 0.742. The normalized spacial score (nSPS) is 22.2. The summed E-state index contributed by atoms with van der Waals surface area (Å²) in [5, 5.41) is 11.6. The van der Waals surface area contributed by atoms with E-state index in [4.69, 9.17) is 5.11 Å². The molecule has 0 spiro atoms. The molecule has 0 aromatic carbocycles. The molecule has 7 heteroatoms. The second-order valence-electron chi connectivity index (χ2n) is 4.92. The minimum atomic E-state index is -0.880. The SMILES string of the molecule is CCNC(=O)CN(C)C(=O)N1CC(C)C(C(=O)O)C1. The van der Waals surface area contributed by atoms with Crippen molar-refractivity contribution in [3.05, 3.63) is 0 Å². The zero-order valence-electron chi connectivity index (χ0n) is 11.5. The first kappa shape index (κ1) is 15.3. The molecule has 1 aliphatic rings. The Morgan fingerprint density at radius 2 is 2.00 bits per heavy atom. The van der Waals surface area contributed by atoms with E-state index in [9.17, 15) is 14.4 Å². The number of urea groups is 1. The lowest BCUT2D eigenvalue weighted by Crippen LogP contribution is -2.45. The van der Waals surface area contributed by atoms with Crippen molar-refractivity contribution < 1.29 is 19.5 Å². The Hall–Kier alpha value is -1.79. The molecule has 1 heterocycles. The van der Waals surface area contributed by atoms with Gasteiger partial charge in [0.15, 0.2) is 0 Å². The van der Waals surface area contributed by atoms with Gasteiger partial charge in [-0.3, -0.25) is 9.59 Å². The van der Waals surface area contributed by atoms with Crippen molar-refractivity contribution >= 4 is 17.9 Å². The van der Waals surface area contributed by atoms with Crippen LogP contribution in [0.15, 0.2) is 0 Å². The van der Waals surface area contributed by atoms with E-state index in [1.165, 1.54) is 16.8 Å². The van der Waals surface area contributed by atoms with Gasteiger partial charge in [-0.15, -0.1) is 0 Å². The van der Waals surface area contributed by atoms with Crippen LogP contribution in [0, 0.1) is 11.8 Å². The van der Waals surface area contributed by atoms with Gasteiger partial charge < -0.3 is 20.2 Å². The maximum Gasteiger partial charge on any atom is 0.320 e. The molecule has 19 heavy (non-hydrogen) atoms. The monoisotopic (exact) mass is 271 g/mol. The summed E-state index contributed by atoms with van der Waals surface area (Å²) in [4.78, 5) is 37.3. The highest BCUT2D eigenvalue weighted by atomic mass is 16.4. The first-order chi connectivity index (χ1) is 8.86. The van der Waals surface area contributed by atoms with E-state index in [0.717, 1.165) is 0 Å². The van der Waals surface area contributed by atoms with Crippen molar-refractivity contribution in [3.8, 4) is 0 Å². The smallest absolute Gasteiger partial charge is 0.320 e. The summed E-state index contributed by atoms with van der Waals surface area (Å²) in [7, 11) is 1.54. The number of carboxylic acid groups (broad SMARTS) is 1. The number of likely N-dealkylation sites (N-methyl/N-ethyl adjacent to an activating group) is 2. The van der Waals surface area contributed by atoms with Gasteiger partial charge in [0.25, 0.3) is 0 Å². The Morgan fingerprint density at radius 1 is 1.37 bits per heavy atom. The molecule has 7 nitrogen and oxygen atoms in total. The number of rotatable bonds is 4. The van der Waals surface area contributed by atoms with Crippen molar-refractivity contribution in [2.75, 3.05) is 33.2 Å². The van der Waals surface area contributed by atoms with Crippen LogP contribution in [0.5, 0.6) is 0 Å². The highest BCUT2D eigenvalue weighted by Crippen LogP contribution is 2.23. The summed E-state index contributed by atoms with van der Waals surface area (Å²) in [6.07, 6.45) is 0. The maximum absolute atomic E-state index is 12.1. The third-order valence-corrected chi connectivity index (χ3v) is 3.28. The minimum Gasteiger partial charge on any atom is -0.481 e. The summed E-state index contributed by atoms with van der Waals surface area (Å²) in [5.41, 5.74) is 0. The number of carbonyl (C=O) groups excluding carboxylic acids is 2. The number of carbonyl (C=O) groups is 3. The maximum atomic E-state index is 12.1. The summed E-state index contributed by atoms with van der Waals surface area (Å²) in [6, 6.07) is -0.304. The number of likely N-dealkylation sites (tertiary alicyclic amines) is 1. The molecule has 0 bridgehead atoms. The molecule has 2 unspecified atom stereocenters. The molecule has 0 radical (unpaired) electrons. The van der Waals surface area contributed by atoms with E-state index in [1.807, 2.05) is 6.92 Å². The van der Waals surface area contributed by atoms with Gasteiger partial charge in [-0.2, -0.15) is 0 Å². The number of aliphatic carboxylic acids is 1. The summed E-state index contributed by atoms with van der Waals surface area (Å²) in [5.74, 6) is -1.70. The number of hydrogen-bond acceptors (Lipinski definition) is 3. The van der Waals surface area contributed by atoms with Crippen molar-refractivity contribution in [1.29, 1.82) is 0 Å². The minimum absolute atomic E-state index is 0.0186. The largest absolute Gasteiger partial charge is 0.481 e. The summed E-state index contributed by atoms with van der Waals surface area (Å²) < 4.78 is 0. The third-order valence-electron chi connectivity index (χ3n) is 3.28. The molecule has 2 atom stereocenters. The van der Waals surface area contributed by atoms with E-state index >= 15 is 0 Å². The van der Waals surface area contributed by atoms with Gasteiger partial charge in [-0.25, -0.2) is 4.79 Å². The lowest BCUT2D eigenvalue weighted by atomic mass is 9.99. The van der Waals surface area contributed by atoms with Crippen LogP contribution in [0.2, 0.25) is 0 Å². The van der Waals surface area contributed by atoms with Crippen molar-refractivity contribution in [2.45, 2.75) is 13.8 Å². The average Bonchev–Trinajstić information content (AvgIpc) is 2.70. The second kappa shape index (κ2) is 6.40. The summed E-state index contributed by atoms with van der Waals surface area (Å²) >= 11 is 0. The van der Waals surface area contributed by atoms with Gasteiger partial charge in [-0.05, 0) is 12.8 Å². The molecule has 1 aliphatic heterocycles.